The molecule has 0 aromatic heterocycles. The van der Waals surface area contributed by atoms with Crippen LogP contribution in [0.5, 0.6) is 0 Å². The first-order valence-electron chi connectivity index (χ1n) is 4.60. The van der Waals surface area contributed by atoms with Gasteiger partial charge < -0.3 is 4.74 Å². The third-order valence-corrected chi connectivity index (χ3v) is 2.10. The summed E-state index contributed by atoms with van der Waals surface area (Å²) in [6, 6.07) is 6.67. The molecule has 0 aliphatic carbocycles. The lowest BCUT2D eigenvalue weighted by molar-refractivity contribution is -0.142. The first kappa shape index (κ1) is 12.9. The van der Waals surface area contributed by atoms with Gasteiger partial charge >= 0.3 is 5.97 Å². The number of nitrogens with zero attached hydrogens (tertiary/aromatic N) is 2. The zero-order valence-corrected chi connectivity index (χ0v) is 10.1. The van der Waals surface area contributed by atoms with Gasteiger partial charge in [-0.25, -0.2) is 4.79 Å². The van der Waals surface area contributed by atoms with Crippen LogP contribution >= 0.6 is 23.2 Å². The minimum atomic E-state index is -1.12. The lowest BCUT2D eigenvalue weighted by Gasteiger charge is -2.01. The molecule has 1 aromatic carbocycles. The van der Waals surface area contributed by atoms with E-state index in [2.05, 4.69) is 15.0 Å². The first-order valence-corrected chi connectivity index (χ1v) is 5.42. The summed E-state index contributed by atoms with van der Waals surface area (Å²) in [4.78, 5) is 11.1. The maximum atomic E-state index is 11.1. The minimum absolute atomic E-state index is 0.262. The molecule has 0 radical (unpaired) electrons. The minimum Gasteiger partial charge on any atom is -0.463 e. The van der Waals surface area contributed by atoms with Crippen molar-refractivity contribution >= 4 is 34.9 Å². The number of hydrogen-bond acceptors (Lipinski definition) is 4. The predicted octanol–water partition coefficient (Wildman–Crippen LogP) is 3.55. The summed E-state index contributed by atoms with van der Waals surface area (Å²) in [6.45, 7) is 1.95. The van der Waals surface area contributed by atoms with Crippen molar-refractivity contribution in [1.82, 2.24) is 0 Å². The molecule has 16 heavy (non-hydrogen) atoms. The molecule has 0 amide bonds. The van der Waals surface area contributed by atoms with Gasteiger partial charge in [0.2, 0.25) is 5.50 Å². The maximum absolute atomic E-state index is 11.1. The van der Waals surface area contributed by atoms with Crippen LogP contribution in [-0.4, -0.2) is 18.1 Å². The lowest BCUT2D eigenvalue weighted by Crippen LogP contribution is -2.14. The van der Waals surface area contributed by atoms with Gasteiger partial charge in [-0.3, -0.25) is 0 Å². The van der Waals surface area contributed by atoms with E-state index in [1.54, 1.807) is 31.2 Å². The number of benzene rings is 1. The molecule has 0 spiro atoms. The first-order chi connectivity index (χ1) is 7.63. The number of azo groups is 1. The number of rotatable bonds is 4. The summed E-state index contributed by atoms with van der Waals surface area (Å²) < 4.78 is 4.67. The van der Waals surface area contributed by atoms with Gasteiger partial charge in [-0.2, -0.15) is 10.2 Å². The highest BCUT2D eigenvalue weighted by atomic mass is 35.5. The Kier molecular flexibility index (Phi) is 5.22. The Balaban J connectivity index is 2.59. The highest BCUT2D eigenvalue weighted by Crippen LogP contribution is 2.17. The molecule has 0 bridgehead atoms. The van der Waals surface area contributed by atoms with Crippen molar-refractivity contribution in [2.24, 2.45) is 10.2 Å². The normalized spacial score (nSPS) is 12.7. The highest BCUT2D eigenvalue weighted by molar-refractivity contribution is 6.30. The van der Waals surface area contributed by atoms with E-state index >= 15 is 0 Å². The fourth-order valence-electron chi connectivity index (χ4n) is 0.883. The largest absolute Gasteiger partial charge is 0.463 e. The number of halogens is 2. The van der Waals surface area contributed by atoms with Gasteiger partial charge in [-0.1, -0.05) is 23.2 Å². The molecule has 1 aromatic rings. The van der Waals surface area contributed by atoms with Crippen LogP contribution in [0.2, 0.25) is 5.02 Å². The van der Waals surface area contributed by atoms with E-state index in [-0.39, 0.29) is 6.61 Å². The molecule has 0 saturated carbocycles. The third-order valence-electron chi connectivity index (χ3n) is 1.58. The quantitative estimate of drug-likeness (QED) is 0.360. The maximum Gasteiger partial charge on any atom is 0.348 e. The van der Waals surface area contributed by atoms with Gasteiger partial charge in [0.1, 0.15) is 0 Å². The van der Waals surface area contributed by atoms with Crippen LogP contribution in [0.4, 0.5) is 5.69 Å². The van der Waals surface area contributed by atoms with E-state index in [9.17, 15) is 4.79 Å². The van der Waals surface area contributed by atoms with Crippen LogP contribution in [0.25, 0.3) is 0 Å². The SMILES string of the molecule is CCOC(=O)C(Cl)N=Nc1ccc(Cl)cc1. The summed E-state index contributed by atoms with van der Waals surface area (Å²) >= 11 is 11.3. The summed E-state index contributed by atoms with van der Waals surface area (Å²) in [7, 11) is 0. The van der Waals surface area contributed by atoms with Crippen molar-refractivity contribution in [2.75, 3.05) is 6.61 Å². The fourth-order valence-corrected chi connectivity index (χ4v) is 1.12. The van der Waals surface area contributed by atoms with E-state index in [0.29, 0.717) is 10.7 Å². The van der Waals surface area contributed by atoms with Crippen molar-refractivity contribution in [3.05, 3.63) is 29.3 Å². The average molecular weight is 261 g/mol. The van der Waals surface area contributed by atoms with Gasteiger partial charge in [-0.05, 0) is 31.2 Å². The molecular weight excluding hydrogens is 251 g/mol. The number of ether oxygens (including phenoxy) is 1. The van der Waals surface area contributed by atoms with E-state index < -0.39 is 11.5 Å². The smallest absolute Gasteiger partial charge is 0.348 e. The second-order valence-electron chi connectivity index (χ2n) is 2.78. The van der Waals surface area contributed by atoms with Crippen molar-refractivity contribution < 1.29 is 9.53 Å². The number of esters is 1. The van der Waals surface area contributed by atoms with E-state index in [0.717, 1.165) is 0 Å². The second kappa shape index (κ2) is 6.45. The number of hydrogen-bond donors (Lipinski definition) is 0. The monoisotopic (exact) mass is 260 g/mol. The number of alkyl halides is 1. The highest BCUT2D eigenvalue weighted by Gasteiger charge is 2.14. The van der Waals surface area contributed by atoms with E-state index in [1.165, 1.54) is 0 Å². The Hall–Kier alpha value is -1.13. The summed E-state index contributed by atoms with van der Waals surface area (Å²) in [5, 5.41) is 8.00. The van der Waals surface area contributed by atoms with Gasteiger partial charge in [0.25, 0.3) is 0 Å². The molecule has 0 N–H and O–H groups in total. The Labute approximate surface area is 103 Å². The molecular formula is C10H10Cl2N2O2. The zero-order chi connectivity index (χ0) is 12.0. The van der Waals surface area contributed by atoms with Crippen LogP contribution in [0.3, 0.4) is 0 Å². The summed E-state index contributed by atoms with van der Waals surface area (Å²) in [5.74, 6) is -0.609. The van der Waals surface area contributed by atoms with Crippen LogP contribution in [0.1, 0.15) is 6.92 Å². The van der Waals surface area contributed by atoms with Gasteiger partial charge in [0, 0.05) is 5.02 Å². The molecule has 86 valence electrons. The fraction of sp³-hybridized carbons (Fsp3) is 0.300. The van der Waals surface area contributed by atoms with Gasteiger partial charge in [0.05, 0.1) is 12.3 Å². The van der Waals surface area contributed by atoms with Gasteiger partial charge in [0.15, 0.2) is 0 Å². The predicted molar refractivity (Wildman–Crippen MR) is 62.2 cm³/mol. The molecule has 0 saturated heterocycles. The molecule has 0 heterocycles. The van der Waals surface area contributed by atoms with Crippen LogP contribution in [-0.2, 0) is 9.53 Å². The standard InChI is InChI=1S/C10H10Cl2N2O2/c1-2-16-10(15)9(12)14-13-8-5-3-7(11)4-6-8/h3-6,9H,2H2,1H3. The second-order valence-corrected chi connectivity index (χ2v) is 3.63. The van der Waals surface area contributed by atoms with Crippen molar-refractivity contribution in [3.63, 3.8) is 0 Å². The Morgan fingerprint density at radius 1 is 1.44 bits per heavy atom. The Morgan fingerprint density at radius 3 is 2.62 bits per heavy atom. The van der Waals surface area contributed by atoms with E-state index in [1.807, 2.05) is 0 Å². The molecule has 1 rings (SSSR count). The summed E-state index contributed by atoms with van der Waals surface area (Å²) in [6.07, 6.45) is 0. The molecule has 0 aliphatic heterocycles. The molecule has 0 aliphatic rings. The molecule has 0 fully saturated rings. The van der Waals surface area contributed by atoms with Crippen LogP contribution < -0.4 is 0 Å². The van der Waals surface area contributed by atoms with E-state index in [4.69, 9.17) is 23.2 Å². The summed E-state index contributed by atoms with van der Waals surface area (Å²) in [5.41, 5.74) is -0.546. The average Bonchev–Trinajstić information content (AvgIpc) is 2.28. The molecule has 1 unspecified atom stereocenters. The Morgan fingerprint density at radius 2 is 2.06 bits per heavy atom. The molecule has 4 nitrogen and oxygen atoms in total. The zero-order valence-electron chi connectivity index (χ0n) is 8.56. The van der Waals surface area contributed by atoms with Crippen molar-refractivity contribution in [2.45, 2.75) is 12.4 Å². The molecule has 1 atom stereocenters. The lowest BCUT2D eigenvalue weighted by atomic mass is 10.3. The van der Waals surface area contributed by atoms with Crippen molar-refractivity contribution in [1.29, 1.82) is 0 Å². The van der Waals surface area contributed by atoms with Crippen molar-refractivity contribution in [3.8, 4) is 0 Å². The number of carbonyl (C=O) groups is 1. The molecule has 6 heteroatoms. The Bertz CT molecular complexity index is 379. The third kappa shape index (κ3) is 4.16. The number of carbonyl (C=O) groups excluding carboxylic acids is 1. The van der Waals surface area contributed by atoms with Crippen LogP contribution in [0, 0.1) is 0 Å². The van der Waals surface area contributed by atoms with Crippen LogP contribution in [0.15, 0.2) is 34.5 Å². The van der Waals surface area contributed by atoms with Gasteiger partial charge in [-0.15, -0.1) is 0 Å². The topological polar surface area (TPSA) is 51.0 Å².